The van der Waals surface area contributed by atoms with Gasteiger partial charge in [-0.25, -0.2) is 4.39 Å². The van der Waals surface area contributed by atoms with Crippen molar-refractivity contribution < 1.29 is 9.18 Å². The van der Waals surface area contributed by atoms with Crippen LogP contribution in [0.5, 0.6) is 0 Å². The molecule has 0 bridgehead atoms. The fourth-order valence-electron chi connectivity index (χ4n) is 2.87. The van der Waals surface area contributed by atoms with Crippen LogP contribution in [0.15, 0.2) is 59.8 Å². The number of carbonyl (C=O) groups is 1. The molecule has 0 saturated heterocycles. The van der Waals surface area contributed by atoms with Crippen molar-refractivity contribution in [3.63, 3.8) is 0 Å². The monoisotopic (exact) mass is 382 g/mol. The fourth-order valence-corrected chi connectivity index (χ4v) is 3.88. The standard InChI is InChI=1S/C20H19FN4OS/c1-25-18(14-7-8-14)23-24-20(25)27-17(13-5-3-2-4-6-13)19(26)22-16-11-9-15(21)10-12-16/h2-6,9-12,14,17H,7-8H2,1H3,(H,22,26)/t17-/m1/s1. The Hall–Kier alpha value is -2.67. The first-order chi connectivity index (χ1) is 13.1. The van der Waals surface area contributed by atoms with Crippen molar-refractivity contribution in [1.29, 1.82) is 0 Å². The number of nitrogens with zero attached hydrogens (tertiary/aromatic N) is 3. The number of aromatic nitrogens is 3. The van der Waals surface area contributed by atoms with E-state index in [0.717, 1.165) is 24.2 Å². The summed E-state index contributed by atoms with van der Waals surface area (Å²) in [6, 6.07) is 15.3. The van der Waals surface area contributed by atoms with E-state index in [9.17, 15) is 9.18 Å². The van der Waals surface area contributed by atoms with Gasteiger partial charge in [0.2, 0.25) is 5.91 Å². The van der Waals surface area contributed by atoms with E-state index in [1.807, 2.05) is 41.9 Å². The van der Waals surface area contributed by atoms with Crippen LogP contribution < -0.4 is 5.32 Å². The highest BCUT2D eigenvalue weighted by molar-refractivity contribution is 8.00. The van der Waals surface area contributed by atoms with Gasteiger partial charge in [0.25, 0.3) is 0 Å². The van der Waals surface area contributed by atoms with Crippen molar-refractivity contribution in [3.05, 3.63) is 71.8 Å². The predicted octanol–water partition coefficient (Wildman–Crippen LogP) is 4.30. The molecule has 0 radical (unpaired) electrons. The van der Waals surface area contributed by atoms with E-state index in [1.54, 1.807) is 12.1 Å². The van der Waals surface area contributed by atoms with Crippen molar-refractivity contribution >= 4 is 23.4 Å². The Kier molecular flexibility index (Phi) is 4.94. The molecule has 0 spiro atoms. The van der Waals surface area contributed by atoms with Crippen LogP contribution in [0.25, 0.3) is 0 Å². The molecule has 0 unspecified atom stereocenters. The zero-order valence-corrected chi connectivity index (χ0v) is 15.6. The third-order valence-electron chi connectivity index (χ3n) is 4.49. The summed E-state index contributed by atoms with van der Waals surface area (Å²) in [6.45, 7) is 0. The predicted molar refractivity (Wildman–Crippen MR) is 103 cm³/mol. The second kappa shape index (κ2) is 7.52. The highest BCUT2D eigenvalue weighted by atomic mass is 32.2. The average molecular weight is 382 g/mol. The second-order valence-electron chi connectivity index (χ2n) is 6.58. The molecule has 3 aromatic rings. The van der Waals surface area contributed by atoms with Gasteiger partial charge in [0.1, 0.15) is 16.9 Å². The van der Waals surface area contributed by atoms with Gasteiger partial charge in [-0.05, 0) is 42.7 Å². The number of amides is 1. The second-order valence-corrected chi connectivity index (χ2v) is 7.65. The highest BCUT2D eigenvalue weighted by Gasteiger charge is 2.31. The van der Waals surface area contributed by atoms with Gasteiger partial charge in [-0.15, -0.1) is 10.2 Å². The lowest BCUT2D eigenvalue weighted by Crippen LogP contribution is -2.19. The molecule has 1 atom stereocenters. The molecule has 5 nitrogen and oxygen atoms in total. The van der Waals surface area contributed by atoms with Crippen molar-refractivity contribution in [3.8, 4) is 0 Å². The Morgan fingerprint density at radius 1 is 1.15 bits per heavy atom. The Balaban J connectivity index is 1.59. The summed E-state index contributed by atoms with van der Waals surface area (Å²) in [5, 5.41) is 11.7. The maximum atomic E-state index is 13.1. The smallest absolute Gasteiger partial charge is 0.242 e. The Labute approximate surface area is 161 Å². The molecule has 4 rings (SSSR count). The Morgan fingerprint density at radius 3 is 2.52 bits per heavy atom. The lowest BCUT2D eigenvalue weighted by Gasteiger charge is -2.16. The van der Waals surface area contributed by atoms with Gasteiger partial charge in [-0.2, -0.15) is 0 Å². The molecule has 2 aromatic carbocycles. The first-order valence-electron chi connectivity index (χ1n) is 8.79. The van der Waals surface area contributed by atoms with Gasteiger partial charge in [-0.3, -0.25) is 4.79 Å². The number of benzene rings is 2. The summed E-state index contributed by atoms with van der Waals surface area (Å²) < 4.78 is 15.1. The van der Waals surface area contributed by atoms with E-state index in [-0.39, 0.29) is 11.7 Å². The Bertz CT molecular complexity index is 938. The average Bonchev–Trinajstić information content (AvgIpc) is 3.46. The molecule has 1 fully saturated rings. The van der Waals surface area contributed by atoms with Gasteiger partial charge in [0, 0.05) is 18.7 Å². The van der Waals surface area contributed by atoms with Gasteiger partial charge in [0.15, 0.2) is 5.16 Å². The topological polar surface area (TPSA) is 59.8 Å². The highest BCUT2D eigenvalue weighted by Crippen LogP contribution is 2.41. The molecule has 1 N–H and O–H groups in total. The van der Waals surface area contributed by atoms with E-state index < -0.39 is 5.25 Å². The SMILES string of the molecule is Cn1c(S[C@@H](C(=O)Nc2ccc(F)cc2)c2ccccc2)nnc1C1CC1. The number of hydrogen-bond acceptors (Lipinski definition) is 4. The molecule has 1 aromatic heterocycles. The zero-order chi connectivity index (χ0) is 18.8. The van der Waals surface area contributed by atoms with Gasteiger partial charge < -0.3 is 9.88 Å². The van der Waals surface area contributed by atoms with Crippen LogP contribution in [0, 0.1) is 5.82 Å². The maximum absolute atomic E-state index is 13.1. The molecular formula is C20H19FN4OS. The Morgan fingerprint density at radius 2 is 1.85 bits per heavy atom. The van der Waals surface area contributed by atoms with Crippen LogP contribution in [0.4, 0.5) is 10.1 Å². The molecule has 27 heavy (non-hydrogen) atoms. The normalized spacial score (nSPS) is 14.7. The third-order valence-corrected chi connectivity index (χ3v) is 5.77. The van der Waals surface area contributed by atoms with Gasteiger partial charge in [0.05, 0.1) is 0 Å². The first kappa shape index (κ1) is 17.7. The molecule has 1 aliphatic rings. The summed E-state index contributed by atoms with van der Waals surface area (Å²) in [7, 11) is 1.94. The minimum Gasteiger partial charge on any atom is -0.325 e. The molecule has 7 heteroatoms. The summed E-state index contributed by atoms with van der Waals surface area (Å²) >= 11 is 1.37. The third kappa shape index (κ3) is 4.03. The van der Waals surface area contributed by atoms with E-state index >= 15 is 0 Å². The van der Waals surface area contributed by atoms with Crippen LogP contribution in [0.1, 0.15) is 35.4 Å². The van der Waals surface area contributed by atoms with E-state index in [0.29, 0.717) is 16.8 Å². The number of rotatable bonds is 6. The largest absolute Gasteiger partial charge is 0.325 e. The molecule has 1 amide bonds. The quantitative estimate of drug-likeness (QED) is 0.646. The fraction of sp³-hybridized carbons (Fsp3) is 0.250. The number of thioether (sulfide) groups is 1. The lowest BCUT2D eigenvalue weighted by molar-refractivity contribution is -0.115. The van der Waals surface area contributed by atoms with Crippen molar-refractivity contribution in [2.24, 2.45) is 7.05 Å². The van der Waals surface area contributed by atoms with Crippen LogP contribution >= 0.6 is 11.8 Å². The molecule has 138 valence electrons. The number of halogens is 1. The minimum atomic E-state index is -0.494. The van der Waals surface area contributed by atoms with Gasteiger partial charge >= 0.3 is 0 Å². The molecule has 1 aliphatic carbocycles. The van der Waals surface area contributed by atoms with Crippen molar-refractivity contribution in [2.45, 2.75) is 29.2 Å². The summed E-state index contributed by atoms with van der Waals surface area (Å²) in [4.78, 5) is 13.0. The van der Waals surface area contributed by atoms with Crippen LogP contribution in [0.2, 0.25) is 0 Å². The van der Waals surface area contributed by atoms with E-state index in [2.05, 4.69) is 15.5 Å². The van der Waals surface area contributed by atoms with Crippen molar-refractivity contribution in [1.82, 2.24) is 14.8 Å². The van der Waals surface area contributed by atoms with Crippen molar-refractivity contribution in [2.75, 3.05) is 5.32 Å². The first-order valence-corrected chi connectivity index (χ1v) is 9.67. The number of nitrogens with one attached hydrogen (secondary N) is 1. The minimum absolute atomic E-state index is 0.186. The molecule has 0 aliphatic heterocycles. The zero-order valence-electron chi connectivity index (χ0n) is 14.8. The lowest BCUT2D eigenvalue weighted by atomic mass is 10.1. The summed E-state index contributed by atoms with van der Waals surface area (Å²) in [6.07, 6.45) is 2.29. The van der Waals surface area contributed by atoms with Crippen LogP contribution in [0.3, 0.4) is 0 Å². The molecular weight excluding hydrogens is 363 g/mol. The maximum Gasteiger partial charge on any atom is 0.242 e. The van der Waals surface area contributed by atoms with Crippen LogP contribution in [-0.4, -0.2) is 20.7 Å². The summed E-state index contributed by atoms with van der Waals surface area (Å²) in [5.41, 5.74) is 1.43. The van der Waals surface area contributed by atoms with Crippen LogP contribution in [-0.2, 0) is 11.8 Å². The molecule has 1 saturated carbocycles. The molecule has 1 heterocycles. The number of anilines is 1. The number of hydrogen-bond donors (Lipinski definition) is 1. The summed E-state index contributed by atoms with van der Waals surface area (Å²) in [5.74, 6) is 0.936. The van der Waals surface area contributed by atoms with E-state index in [4.69, 9.17) is 0 Å². The number of carbonyl (C=O) groups excluding carboxylic acids is 1. The van der Waals surface area contributed by atoms with E-state index in [1.165, 1.54) is 23.9 Å². The van der Waals surface area contributed by atoms with Gasteiger partial charge in [-0.1, -0.05) is 42.1 Å².